The van der Waals surface area contributed by atoms with E-state index in [1.165, 1.54) is 32.1 Å². The van der Waals surface area contributed by atoms with Crippen LogP contribution in [0.15, 0.2) is 22.0 Å². The third kappa shape index (κ3) is 2.95. The molecule has 0 aromatic carbocycles. The Balaban J connectivity index is 1.95. The van der Waals surface area contributed by atoms with Crippen LogP contribution in [0.4, 0.5) is 0 Å². The minimum Gasteiger partial charge on any atom is -0.230 e. The summed E-state index contributed by atoms with van der Waals surface area (Å²) in [5.74, 6) is 0. The molecule has 1 aromatic heterocycles. The van der Waals surface area contributed by atoms with E-state index in [1.807, 2.05) is 17.8 Å². The molecule has 0 saturated heterocycles. The minimum absolute atomic E-state index is 0.769. The van der Waals surface area contributed by atoms with E-state index >= 15 is 0 Å². The van der Waals surface area contributed by atoms with Crippen molar-refractivity contribution in [3.05, 3.63) is 17.0 Å². The first kappa shape index (κ1) is 10.4. The van der Waals surface area contributed by atoms with Crippen molar-refractivity contribution in [2.45, 2.75) is 42.4 Å². The summed E-state index contributed by atoms with van der Waals surface area (Å²) in [6, 6.07) is 2.00. The minimum atomic E-state index is 0.769. The Hall–Kier alpha value is -0.0900. The molecule has 4 heteroatoms. The topological polar surface area (TPSA) is 25.8 Å². The van der Waals surface area contributed by atoms with E-state index in [0.717, 1.165) is 14.9 Å². The second kappa shape index (κ2) is 5.12. The Kier molecular flexibility index (Phi) is 3.81. The van der Waals surface area contributed by atoms with Crippen molar-refractivity contribution in [3.63, 3.8) is 0 Å². The molecule has 76 valence electrons. The fourth-order valence-corrected chi connectivity index (χ4v) is 3.39. The number of nitrogens with zero attached hydrogens (tertiary/aromatic N) is 2. The lowest BCUT2D eigenvalue weighted by Crippen LogP contribution is -2.08. The Morgan fingerprint density at radius 3 is 2.71 bits per heavy atom. The molecule has 0 unspecified atom stereocenters. The first-order chi connectivity index (χ1) is 6.84. The third-order valence-electron chi connectivity index (χ3n) is 2.45. The molecule has 1 saturated carbocycles. The zero-order chi connectivity index (χ0) is 9.80. The first-order valence-corrected chi connectivity index (χ1v) is 6.66. The van der Waals surface area contributed by atoms with Crippen LogP contribution >= 0.6 is 27.7 Å². The first-order valence-electron chi connectivity index (χ1n) is 4.99. The maximum atomic E-state index is 4.26. The largest absolute Gasteiger partial charge is 0.230 e. The Bertz CT molecular complexity index is 300. The van der Waals surface area contributed by atoms with Crippen molar-refractivity contribution in [3.8, 4) is 0 Å². The smallest absolute Gasteiger partial charge is 0.118 e. The van der Waals surface area contributed by atoms with Crippen molar-refractivity contribution in [2.75, 3.05) is 0 Å². The lowest BCUT2D eigenvalue weighted by atomic mass is 10.0. The summed E-state index contributed by atoms with van der Waals surface area (Å²) in [4.78, 5) is 8.28. The molecule has 1 heterocycles. The van der Waals surface area contributed by atoms with Crippen LogP contribution in [0.25, 0.3) is 0 Å². The van der Waals surface area contributed by atoms with Crippen LogP contribution in [-0.2, 0) is 0 Å². The van der Waals surface area contributed by atoms with Gasteiger partial charge in [0.2, 0.25) is 0 Å². The molecule has 2 nitrogen and oxygen atoms in total. The van der Waals surface area contributed by atoms with Crippen LogP contribution in [0, 0.1) is 0 Å². The van der Waals surface area contributed by atoms with Gasteiger partial charge < -0.3 is 0 Å². The van der Waals surface area contributed by atoms with Gasteiger partial charge in [-0.1, -0.05) is 19.3 Å². The Morgan fingerprint density at radius 2 is 2.00 bits per heavy atom. The van der Waals surface area contributed by atoms with Crippen molar-refractivity contribution in [1.29, 1.82) is 0 Å². The summed E-state index contributed by atoms with van der Waals surface area (Å²) >= 11 is 5.26. The van der Waals surface area contributed by atoms with Gasteiger partial charge in [-0.3, -0.25) is 0 Å². The zero-order valence-electron chi connectivity index (χ0n) is 7.95. The van der Waals surface area contributed by atoms with E-state index in [2.05, 4.69) is 25.9 Å². The molecule has 2 rings (SSSR count). The zero-order valence-corrected chi connectivity index (χ0v) is 10.4. The number of hydrogen-bond acceptors (Lipinski definition) is 3. The Morgan fingerprint density at radius 1 is 1.21 bits per heavy atom. The van der Waals surface area contributed by atoms with Gasteiger partial charge in [0.15, 0.2) is 0 Å². The molecular weight excluding hydrogens is 260 g/mol. The molecule has 0 aliphatic heterocycles. The normalized spacial score (nSPS) is 18.4. The highest BCUT2D eigenvalue weighted by atomic mass is 79.9. The third-order valence-corrected chi connectivity index (χ3v) is 4.15. The highest BCUT2D eigenvalue weighted by molar-refractivity contribution is 9.10. The van der Waals surface area contributed by atoms with E-state index in [0.29, 0.717) is 0 Å². The second-order valence-electron chi connectivity index (χ2n) is 3.56. The number of thioether (sulfide) groups is 1. The summed E-state index contributed by atoms with van der Waals surface area (Å²) in [7, 11) is 0. The van der Waals surface area contributed by atoms with E-state index in [-0.39, 0.29) is 0 Å². The van der Waals surface area contributed by atoms with Gasteiger partial charge >= 0.3 is 0 Å². The molecule has 0 radical (unpaired) electrons. The summed E-state index contributed by atoms with van der Waals surface area (Å²) in [6.07, 6.45) is 8.46. The van der Waals surface area contributed by atoms with Gasteiger partial charge in [-0.2, -0.15) is 0 Å². The predicted octanol–water partition coefficient (Wildman–Crippen LogP) is 3.66. The second-order valence-corrected chi connectivity index (χ2v) is 5.69. The Labute approximate surface area is 97.0 Å². The average Bonchev–Trinajstić information content (AvgIpc) is 2.19. The van der Waals surface area contributed by atoms with Crippen molar-refractivity contribution in [1.82, 2.24) is 9.97 Å². The van der Waals surface area contributed by atoms with Crippen molar-refractivity contribution in [2.24, 2.45) is 0 Å². The monoisotopic (exact) mass is 272 g/mol. The molecule has 1 aliphatic rings. The van der Waals surface area contributed by atoms with Crippen LogP contribution in [0.2, 0.25) is 0 Å². The molecule has 0 amide bonds. The van der Waals surface area contributed by atoms with Crippen LogP contribution in [0.3, 0.4) is 0 Å². The van der Waals surface area contributed by atoms with Crippen LogP contribution in [0.5, 0.6) is 0 Å². The van der Waals surface area contributed by atoms with Gasteiger partial charge in [0.05, 0.1) is 0 Å². The molecule has 0 N–H and O–H groups in total. The SMILES string of the molecule is Brc1cc(SC2CCCCC2)ncn1. The lowest BCUT2D eigenvalue weighted by Gasteiger charge is -2.20. The highest BCUT2D eigenvalue weighted by Crippen LogP contribution is 2.32. The number of rotatable bonds is 2. The fraction of sp³-hybridized carbons (Fsp3) is 0.600. The maximum absolute atomic E-state index is 4.26. The van der Waals surface area contributed by atoms with Gasteiger partial charge in [0, 0.05) is 11.3 Å². The van der Waals surface area contributed by atoms with Gasteiger partial charge in [-0.25, -0.2) is 9.97 Å². The highest BCUT2D eigenvalue weighted by Gasteiger charge is 2.15. The molecule has 1 aliphatic carbocycles. The van der Waals surface area contributed by atoms with E-state index in [4.69, 9.17) is 0 Å². The number of aromatic nitrogens is 2. The van der Waals surface area contributed by atoms with Crippen molar-refractivity contribution >= 4 is 27.7 Å². The van der Waals surface area contributed by atoms with Crippen LogP contribution < -0.4 is 0 Å². The van der Waals surface area contributed by atoms with Gasteiger partial charge in [-0.15, -0.1) is 11.8 Å². The fourth-order valence-electron chi connectivity index (χ4n) is 1.74. The molecule has 1 fully saturated rings. The van der Waals surface area contributed by atoms with Gasteiger partial charge in [0.25, 0.3) is 0 Å². The summed E-state index contributed by atoms with van der Waals surface area (Å²) < 4.78 is 0.880. The summed E-state index contributed by atoms with van der Waals surface area (Å²) in [5, 5.41) is 1.87. The molecule has 0 spiro atoms. The van der Waals surface area contributed by atoms with Crippen LogP contribution in [-0.4, -0.2) is 15.2 Å². The molecule has 0 atom stereocenters. The van der Waals surface area contributed by atoms with E-state index in [1.54, 1.807) is 6.33 Å². The lowest BCUT2D eigenvalue weighted by molar-refractivity contribution is 0.515. The predicted molar refractivity (Wildman–Crippen MR) is 62.5 cm³/mol. The van der Waals surface area contributed by atoms with Crippen LogP contribution in [0.1, 0.15) is 32.1 Å². The van der Waals surface area contributed by atoms with Crippen molar-refractivity contribution < 1.29 is 0 Å². The molecule has 1 aromatic rings. The number of halogens is 1. The number of hydrogen-bond donors (Lipinski definition) is 0. The summed E-state index contributed by atoms with van der Waals surface area (Å²) in [6.45, 7) is 0. The standard InChI is InChI=1S/C10H13BrN2S/c11-9-6-10(13-7-12-9)14-8-4-2-1-3-5-8/h6-8H,1-5H2. The van der Waals surface area contributed by atoms with Gasteiger partial charge in [0.1, 0.15) is 16.0 Å². The van der Waals surface area contributed by atoms with E-state index < -0.39 is 0 Å². The maximum Gasteiger partial charge on any atom is 0.118 e. The van der Waals surface area contributed by atoms with E-state index in [9.17, 15) is 0 Å². The van der Waals surface area contributed by atoms with Gasteiger partial charge in [-0.05, 0) is 28.8 Å². The molecule has 0 bridgehead atoms. The average molecular weight is 273 g/mol. The quantitative estimate of drug-likeness (QED) is 0.769. The molecule has 14 heavy (non-hydrogen) atoms. The molecular formula is C10H13BrN2S. The summed E-state index contributed by atoms with van der Waals surface area (Å²) in [5.41, 5.74) is 0.